The number of allylic oxidation sites excluding steroid dienone is 2. The minimum atomic E-state index is -4.61. The molecule has 0 aliphatic carbocycles. The van der Waals surface area contributed by atoms with E-state index in [1.54, 1.807) is 25.3 Å². The Balaban J connectivity index is 2.50. The summed E-state index contributed by atoms with van der Waals surface area (Å²) < 4.78 is 46.8. The van der Waals surface area contributed by atoms with Gasteiger partial charge in [0.2, 0.25) is 0 Å². The molecule has 1 aliphatic rings. The number of aromatic nitrogens is 1. The molecule has 0 bridgehead atoms. The van der Waals surface area contributed by atoms with Crippen LogP contribution in [0, 0.1) is 24.2 Å². The molecule has 0 radical (unpaired) electrons. The summed E-state index contributed by atoms with van der Waals surface area (Å²) in [5.74, 6) is -2.85. The molecular formula is C27H36F3NO5S. The molecule has 1 unspecified atom stereocenters. The van der Waals surface area contributed by atoms with Crippen LogP contribution in [0.15, 0.2) is 34.8 Å². The van der Waals surface area contributed by atoms with Crippen LogP contribution in [0.3, 0.4) is 0 Å². The van der Waals surface area contributed by atoms with Crippen LogP contribution in [-0.4, -0.2) is 51.4 Å². The highest BCUT2D eigenvalue weighted by Crippen LogP contribution is 2.33. The number of ketones is 1. The second kappa shape index (κ2) is 12.5. The summed E-state index contributed by atoms with van der Waals surface area (Å²) >= 11 is 1.41. The number of ether oxygens (including phenoxy) is 1. The van der Waals surface area contributed by atoms with Crippen LogP contribution in [0.4, 0.5) is 13.2 Å². The Hall–Kier alpha value is -2.30. The summed E-state index contributed by atoms with van der Waals surface area (Å²) in [7, 11) is 0. The number of aliphatic hydroxyl groups excluding tert-OH is 2. The number of aryl methyl sites for hydroxylation is 1. The van der Waals surface area contributed by atoms with Crippen LogP contribution >= 0.6 is 11.3 Å². The molecule has 1 aromatic rings. The van der Waals surface area contributed by atoms with Gasteiger partial charge in [-0.1, -0.05) is 45.9 Å². The maximum atomic E-state index is 13.8. The first kappa shape index (κ1) is 30.9. The molecule has 6 nitrogen and oxygen atoms in total. The molecule has 0 spiro atoms. The predicted octanol–water partition coefficient (Wildman–Crippen LogP) is 5.58. The number of aliphatic hydroxyl groups is 2. The third kappa shape index (κ3) is 8.35. The summed E-state index contributed by atoms with van der Waals surface area (Å²) in [4.78, 5) is 30.2. The zero-order valence-corrected chi connectivity index (χ0v) is 22.8. The van der Waals surface area contributed by atoms with E-state index >= 15 is 0 Å². The molecule has 10 heteroatoms. The van der Waals surface area contributed by atoms with E-state index in [1.165, 1.54) is 44.3 Å². The van der Waals surface area contributed by atoms with Crippen LogP contribution in [-0.2, 0) is 14.3 Å². The molecule has 5 atom stereocenters. The molecule has 1 aliphatic heterocycles. The first-order valence-electron chi connectivity index (χ1n) is 12.2. The zero-order chi connectivity index (χ0) is 28.1. The monoisotopic (exact) mass is 543 g/mol. The topological polar surface area (TPSA) is 96.7 Å². The predicted molar refractivity (Wildman–Crippen MR) is 137 cm³/mol. The summed E-state index contributed by atoms with van der Waals surface area (Å²) in [6.07, 6.45) is -4.04. The second-order valence-electron chi connectivity index (χ2n) is 10.2. The Kier molecular flexibility index (Phi) is 10.4. The number of esters is 1. The number of cyclic esters (lactones) is 1. The fourth-order valence-corrected chi connectivity index (χ4v) is 4.74. The Morgan fingerprint density at radius 2 is 1.89 bits per heavy atom. The van der Waals surface area contributed by atoms with Crippen molar-refractivity contribution in [3.8, 4) is 0 Å². The minimum absolute atomic E-state index is 0.243. The van der Waals surface area contributed by atoms with Gasteiger partial charge in [-0.05, 0) is 31.9 Å². The summed E-state index contributed by atoms with van der Waals surface area (Å²) in [6.45, 7) is 9.55. The molecule has 37 heavy (non-hydrogen) atoms. The number of hydrogen-bond acceptors (Lipinski definition) is 7. The maximum Gasteiger partial charge on any atom is 0.412 e. The van der Waals surface area contributed by atoms with E-state index in [2.05, 4.69) is 4.98 Å². The largest absolute Gasteiger partial charge is 0.457 e. The number of carbonyl (C=O) groups excluding carboxylic acids is 2. The van der Waals surface area contributed by atoms with Gasteiger partial charge in [0.25, 0.3) is 0 Å². The normalized spacial score (nSPS) is 31.4. The summed E-state index contributed by atoms with van der Waals surface area (Å²) in [6, 6.07) is 0. The summed E-state index contributed by atoms with van der Waals surface area (Å²) in [5, 5.41) is 24.0. The molecule has 2 heterocycles. The number of nitrogens with zero attached hydrogens (tertiary/aromatic N) is 1. The van der Waals surface area contributed by atoms with E-state index in [0.717, 1.165) is 11.1 Å². The van der Waals surface area contributed by atoms with Crippen molar-refractivity contribution in [1.29, 1.82) is 0 Å². The fourth-order valence-electron chi connectivity index (χ4n) is 4.17. The van der Waals surface area contributed by atoms with Gasteiger partial charge in [0, 0.05) is 29.2 Å². The lowest BCUT2D eigenvalue weighted by Gasteiger charge is -2.34. The Morgan fingerprint density at radius 1 is 1.24 bits per heavy atom. The van der Waals surface area contributed by atoms with Crippen molar-refractivity contribution in [2.75, 3.05) is 0 Å². The van der Waals surface area contributed by atoms with Crippen LogP contribution in [0.1, 0.15) is 64.6 Å². The minimum Gasteiger partial charge on any atom is -0.457 e. The van der Waals surface area contributed by atoms with E-state index in [-0.39, 0.29) is 6.42 Å². The average Bonchev–Trinajstić information content (AvgIpc) is 3.21. The summed E-state index contributed by atoms with van der Waals surface area (Å²) in [5.41, 5.74) is -1.11. The first-order valence-corrected chi connectivity index (χ1v) is 13.0. The van der Waals surface area contributed by atoms with Gasteiger partial charge < -0.3 is 14.9 Å². The van der Waals surface area contributed by atoms with Gasteiger partial charge in [0.05, 0.1) is 34.7 Å². The molecule has 2 rings (SSSR count). The molecule has 1 aromatic heterocycles. The lowest BCUT2D eigenvalue weighted by molar-refractivity contribution is -0.154. The highest BCUT2D eigenvalue weighted by atomic mass is 32.1. The van der Waals surface area contributed by atoms with Crippen molar-refractivity contribution in [2.45, 2.75) is 85.3 Å². The van der Waals surface area contributed by atoms with Crippen molar-refractivity contribution in [3.63, 3.8) is 0 Å². The lowest BCUT2D eigenvalue weighted by atomic mass is 9.73. The van der Waals surface area contributed by atoms with Crippen LogP contribution < -0.4 is 0 Å². The third-order valence-corrected chi connectivity index (χ3v) is 7.60. The third-order valence-electron chi connectivity index (χ3n) is 6.81. The number of carbonyl (C=O) groups is 2. The van der Waals surface area contributed by atoms with Crippen molar-refractivity contribution >= 4 is 29.2 Å². The van der Waals surface area contributed by atoms with Crippen LogP contribution in [0.25, 0.3) is 6.08 Å². The Bertz CT molecular complexity index is 1060. The number of thiazole rings is 1. The maximum absolute atomic E-state index is 13.8. The molecule has 0 fully saturated rings. The highest BCUT2D eigenvalue weighted by molar-refractivity contribution is 7.09. The quantitative estimate of drug-likeness (QED) is 0.373. The standard InChI is InChI=1S/C27H36F3NO5S/c1-15-8-7-9-19(27(28,29)30)10-11-21(16(2)12-20-14-37-18(4)31-20)36-23(33)13-22(32)26(5,6)25(35)17(3)24(15)34/h7-8,10,12,14-15,17,21-22,24,32,34H,9,11,13H2,1-6H3/b8-7+,16-12+,19-10+/t15-,17+,21?,22-,24-/m0/s1. The Labute approximate surface area is 219 Å². The van der Waals surface area contributed by atoms with E-state index in [1.807, 2.05) is 6.92 Å². The smallest absolute Gasteiger partial charge is 0.412 e. The first-order chi connectivity index (χ1) is 17.0. The van der Waals surface area contributed by atoms with E-state index in [0.29, 0.717) is 11.3 Å². The van der Waals surface area contributed by atoms with Gasteiger partial charge in [-0.25, -0.2) is 4.98 Å². The van der Waals surface area contributed by atoms with Gasteiger partial charge in [0.1, 0.15) is 11.9 Å². The lowest BCUT2D eigenvalue weighted by Crippen LogP contribution is -2.45. The van der Waals surface area contributed by atoms with E-state index in [9.17, 15) is 33.0 Å². The fraction of sp³-hybridized carbons (Fsp3) is 0.593. The molecule has 0 saturated heterocycles. The van der Waals surface area contributed by atoms with Crippen LogP contribution in [0.5, 0.6) is 0 Å². The van der Waals surface area contributed by atoms with Crippen molar-refractivity contribution in [1.82, 2.24) is 4.98 Å². The molecule has 2 N–H and O–H groups in total. The van der Waals surface area contributed by atoms with Crippen molar-refractivity contribution in [3.05, 3.63) is 45.5 Å². The number of rotatable bonds is 2. The Morgan fingerprint density at radius 3 is 2.46 bits per heavy atom. The molecular weight excluding hydrogens is 507 g/mol. The van der Waals surface area contributed by atoms with Crippen LogP contribution in [0.2, 0.25) is 0 Å². The molecule has 206 valence electrons. The second-order valence-corrected chi connectivity index (χ2v) is 11.3. The molecule has 0 saturated carbocycles. The molecule has 0 amide bonds. The SMILES string of the molecule is C/C(=C\c1csc(C)n1)C1C/C=C(/C(F)(F)F)C/C=C/[C@H](C)[C@H](O)[C@@H](C)C(=O)C(C)(C)[C@@H](O)CC(=O)O1. The zero-order valence-electron chi connectivity index (χ0n) is 22.0. The van der Waals surface area contributed by atoms with E-state index in [4.69, 9.17) is 4.74 Å². The number of Topliss-reactive ketones (excluding diaryl/α,β-unsaturated/α-hetero) is 1. The highest BCUT2D eigenvalue weighted by Gasteiger charge is 2.42. The number of halogens is 3. The van der Waals surface area contributed by atoms with Crippen molar-refractivity contribution in [2.24, 2.45) is 17.3 Å². The van der Waals surface area contributed by atoms with E-state index < -0.39 is 71.9 Å². The average molecular weight is 544 g/mol. The van der Waals surface area contributed by atoms with Gasteiger partial charge in [-0.15, -0.1) is 11.3 Å². The number of hydrogen-bond donors (Lipinski definition) is 2. The van der Waals surface area contributed by atoms with Gasteiger partial charge in [0.15, 0.2) is 0 Å². The molecule has 0 aromatic carbocycles. The van der Waals surface area contributed by atoms with Gasteiger partial charge in [-0.2, -0.15) is 13.2 Å². The number of alkyl halides is 3. The van der Waals surface area contributed by atoms with Crippen molar-refractivity contribution < 1.29 is 37.7 Å². The van der Waals surface area contributed by atoms with Gasteiger partial charge >= 0.3 is 12.1 Å². The van der Waals surface area contributed by atoms with Gasteiger partial charge in [-0.3, -0.25) is 9.59 Å².